The van der Waals surface area contributed by atoms with Crippen LogP contribution < -0.4 is 4.74 Å². The number of ether oxygens (including phenoxy) is 1. The second-order valence-electron chi connectivity index (χ2n) is 4.38. The minimum absolute atomic E-state index is 0.124. The first-order chi connectivity index (χ1) is 9.11. The van der Waals surface area contributed by atoms with Crippen molar-refractivity contribution < 1.29 is 14.6 Å². The Bertz CT molecular complexity index is 570. The molecule has 0 saturated heterocycles. The second-order valence-corrected chi connectivity index (χ2v) is 4.38. The Morgan fingerprint density at radius 1 is 1.21 bits per heavy atom. The van der Waals surface area contributed by atoms with Crippen LogP contribution in [-0.4, -0.2) is 22.8 Å². The van der Waals surface area contributed by atoms with Crippen LogP contribution in [0, 0.1) is 6.92 Å². The molecule has 0 saturated carbocycles. The third-order valence-corrected chi connectivity index (χ3v) is 3.13. The van der Waals surface area contributed by atoms with E-state index in [1.165, 1.54) is 0 Å². The van der Waals surface area contributed by atoms with Crippen LogP contribution in [0.5, 0.6) is 5.75 Å². The van der Waals surface area contributed by atoms with Gasteiger partial charge in [-0.05, 0) is 48.9 Å². The zero-order chi connectivity index (χ0) is 13.8. The summed E-state index contributed by atoms with van der Waals surface area (Å²) in [6.45, 7) is 2.46. The largest absolute Gasteiger partial charge is 0.497 e. The summed E-state index contributed by atoms with van der Waals surface area (Å²) >= 11 is 0. The van der Waals surface area contributed by atoms with Crippen LogP contribution in [0.25, 0.3) is 11.3 Å². The van der Waals surface area contributed by atoms with E-state index in [9.17, 15) is 4.79 Å². The standard InChI is InChI=1S/C15H17NO3/c1-11-3-8-14(16(11)10-9-15(17)18)12-4-6-13(19-2)7-5-12/h3-8H,9-10H2,1-2H3,(H,17,18). The molecule has 2 aromatic rings. The predicted octanol–water partition coefficient (Wildman–Crippen LogP) is 2.95. The Kier molecular flexibility index (Phi) is 3.90. The summed E-state index contributed by atoms with van der Waals surface area (Å²) in [7, 11) is 1.63. The molecule has 0 unspecified atom stereocenters. The van der Waals surface area contributed by atoms with E-state index in [2.05, 4.69) is 0 Å². The molecule has 4 heteroatoms. The molecule has 0 aliphatic rings. The average Bonchev–Trinajstić information content (AvgIpc) is 2.78. The number of aryl methyl sites for hydroxylation is 1. The SMILES string of the molecule is COc1ccc(-c2ccc(C)n2CCC(=O)O)cc1. The van der Waals surface area contributed by atoms with Gasteiger partial charge in [-0.2, -0.15) is 0 Å². The molecule has 100 valence electrons. The van der Waals surface area contributed by atoms with Gasteiger partial charge in [0.2, 0.25) is 0 Å². The smallest absolute Gasteiger partial charge is 0.305 e. The highest BCUT2D eigenvalue weighted by Crippen LogP contribution is 2.25. The molecule has 0 fully saturated rings. The van der Waals surface area contributed by atoms with Crippen molar-refractivity contribution >= 4 is 5.97 Å². The summed E-state index contributed by atoms with van der Waals surface area (Å²) in [4.78, 5) is 10.7. The number of aromatic nitrogens is 1. The lowest BCUT2D eigenvalue weighted by Gasteiger charge is -2.11. The van der Waals surface area contributed by atoms with Crippen LogP contribution in [0.1, 0.15) is 12.1 Å². The highest BCUT2D eigenvalue weighted by Gasteiger charge is 2.09. The highest BCUT2D eigenvalue weighted by molar-refractivity contribution is 5.67. The Morgan fingerprint density at radius 3 is 2.47 bits per heavy atom. The highest BCUT2D eigenvalue weighted by atomic mass is 16.5. The van der Waals surface area contributed by atoms with Gasteiger partial charge in [0.05, 0.1) is 13.5 Å². The van der Waals surface area contributed by atoms with Crippen molar-refractivity contribution in [2.24, 2.45) is 0 Å². The first-order valence-electron chi connectivity index (χ1n) is 6.14. The lowest BCUT2D eigenvalue weighted by molar-refractivity contribution is -0.137. The van der Waals surface area contributed by atoms with E-state index in [0.29, 0.717) is 6.54 Å². The molecule has 0 aliphatic carbocycles. The number of rotatable bonds is 5. The molecule has 0 spiro atoms. The van der Waals surface area contributed by atoms with Gasteiger partial charge in [-0.1, -0.05) is 0 Å². The van der Waals surface area contributed by atoms with Gasteiger partial charge < -0.3 is 14.4 Å². The Morgan fingerprint density at radius 2 is 1.89 bits per heavy atom. The molecule has 1 aromatic heterocycles. The molecule has 0 bridgehead atoms. The first-order valence-corrected chi connectivity index (χ1v) is 6.14. The minimum atomic E-state index is -0.784. The summed E-state index contributed by atoms with van der Waals surface area (Å²) in [6.07, 6.45) is 0.124. The van der Waals surface area contributed by atoms with E-state index in [4.69, 9.17) is 9.84 Å². The topological polar surface area (TPSA) is 51.5 Å². The summed E-state index contributed by atoms with van der Waals surface area (Å²) < 4.78 is 7.16. The maximum Gasteiger partial charge on any atom is 0.305 e. The summed E-state index contributed by atoms with van der Waals surface area (Å²) in [6, 6.07) is 11.8. The third-order valence-electron chi connectivity index (χ3n) is 3.13. The maximum atomic E-state index is 10.7. The summed E-state index contributed by atoms with van der Waals surface area (Å²) in [5, 5.41) is 8.80. The van der Waals surface area contributed by atoms with Gasteiger partial charge in [0, 0.05) is 17.9 Å². The van der Waals surface area contributed by atoms with Gasteiger partial charge in [0.1, 0.15) is 5.75 Å². The summed E-state index contributed by atoms with van der Waals surface area (Å²) in [5.74, 6) is 0.0258. The first kappa shape index (κ1) is 13.2. The Balaban J connectivity index is 2.30. The molecule has 1 N–H and O–H groups in total. The van der Waals surface area contributed by atoms with Gasteiger partial charge in [-0.15, -0.1) is 0 Å². The Labute approximate surface area is 112 Å². The number of hydrogen-bond acceptors (Lipinski definition) is 2. The maximum absolute atomic E-state index is 10.7. The quantitative estimate of drug-likeness (QED) is 0.898. The summed E-state index contributed by atoms with van der Waals surface area (Å²) in [5.41, 5.74) is 3.15. The minimum Gasteiger partial charge on any atom is -0.497 e. The monoisotopic (exact) mass is 259 g/mol. The molecule has 0 atom stereocenters. The van der Waals surface area contributed by atoms with E-state index < -0.39 is 5.97 Å². The number of methoxy groups -OCH3 is 1. The number of carboxylic acid groups (broad SMARTS) is 1. The Hall–Kier alpha value is -2.23. The zero-order valence-corrected chi connectivity index (χ0v) is 11.1. The van der Waals surface area contributed by atoms with Crippen LogP contribution in [0.15, 0.2) is 36.4 Å². The molecule has 2 rings (SSSR count). The fourth-order valence-electron chi connectivity index (χ4n) is 2.09. The normalized spacial score (nSPS) is 10.4. The lowest BCUT2D eigenvalue weighted by Crippen LogP contribution is -2.07. The molecule has 0 amide bonds. The van der Waals surface area contributed by atoms with Gasteiger partial charge in [0.15, 0.2) is 0 Å². The fraction of sp³-hybridized carbons (Fsp3) is 0.267. The number of nitrogens with zero attached hydrogens (tertiary/aromatic N) is 1. The number of aliphatic carboxylic acids is 1. The average molecular weight is 259 g/mol. The number of hydrogen-bond donors (Lipinski definition) is 1. The van der Waals surface area contributed by atoms with Crippen molar-refractivity contribution in [1.82, 2.24) is 4.57 Å². The van der Waals surface area contributed by atoms with E-state index in [1.807, 2.05) is 47.9 Å². The molecule has 1 heterocycles. The number of carboxylic acids is 1. The molecular formula is C15H17NO3. The van der Waals surface area contributed by atoms with Gasteiger partial charge in [0.25, 0.3) is 0 Å². The van der Waals surface area contributed by atoms with Crippen LogP contribution in [0.2, 0.25) is 0 Å². The third kappa shape index (κ3) is 2.96. The van der Waals surface area contributed by atoms with Crippen molar-refractivity contribution in [3.05, 3.63) is 42.1 Å². The molecular weight excluding hydrogens is 242 g/mol. The molecule has 1 aromatic carbocycles. The van der Waals surface area contributed by atoms with Gasteiger partial charge in [-0.25, -0.2) is 0 Å². The second kappa shape index (κ2) is 5.61. The van der Waals surface area contributed by atoms with E-state index >= 15 is 0 Å². The van der Waals surface area contributed by atoms with Gasteiger partial charge >= 0.3 is 5.97 Å². The molecule has 0 aliphatic heterocycles. The fourth-order valence-corrected chi connectivity index (χ4v) is 2.09. The van der Waals surface area contributed by atoms with Crippen molar-refractivity contribution in [3.63, 3.8) is 0 Å². The zero-order valence-electron chi connectivity index (χ0n) is 11.1. The number of carbonyl (C=O) groups is 1. The van der Waals surface area contributed by atoms with E-state index in [-0.39, 0.29) is 6.42 Å². The van der Waals surface area contributed by atoms with Crippen LogP contribution in [0.3, 0.4) is 0 Å². The van der Waals surface area contributed by atoms with Crippen molar-refractivity contribution in [3.8, 4) is 17.0 Å². The lowest BCUT2D eigenvalue weighted by atomic mass is 10.1. The molecule has 19 heavy (non-hydrogen) atoms. The van der Waals surface area contributed by atoms with E-state index in [0.717, 1.165) is 22.7 Å². The molecule has 4 nitrogen and oxygen atoms in total. The van der Waals surface area contributed by atoms with Crippen molar-refractivity contribution in [2.45, 2.75) is 19.9 Å². The van der Waals surface area contributed by atoms with Crippen molar-refractivity contribution in [1.29, 1.82) is 0 Å². The van der Waals surface area contributed by atoms with Crippen LogP contribution in [-0.2, 0) is 11.3 Å². The van der Waals surface area contributed by atoms with Crippen LogP contribution in [0.4, 0.5) is 0 Å². The van der Waals surface area contributed by atoms with Crippen molar-refractivity contribution in [2.75, 3.05) is 7.11 Å². The molecule has 0 radical (unpaired) electrons. The van der Waals surface area contributed by atoms with Crippen LogP contribution >= 0.6 is 0 Å². The predicted molar refractivity (Wildman–Crippen MR) is 73.4 cm³/mol. The van der Waals surface area contributed by atoms with Gasteiger partial charge in [-0.3, -0.25) is 4.79 Å². The number of benzene rings is 1. The van der Waals surface area contributed by atoms with E-state index in [1.54, 1.807) is 7.11 Å².